The van der Waals surface area contributed by atoms with E-state index in [0.717, 1.165) is 12.1 Å². The average molecular weight is 416 g/mol. The lowest BCUT2D eigenvalue weighted by Crippen LogP contribution is -2.35. The first kappa shape index (κ1) is 20.5. The largest absolute Gasteiger partial charge is 0.356 e. The summed E-state index contributed by atoms with van der Waals surface area (Å²) >= 11 is 0. The molecule has 3 atom stereocenters. The molecule has 8 heteroatoms. The minimum Gasteiger partial charge on any atom is -0.356 e. The molecule has 2 aromatic rings. The van der Waals surface area contributed by atoms with E-state index in [2.05, 4.69) is 15.7 Å². The molecule has 2 N–H and O–H groups in total. The van der Waals surface area contributed by atoms with Crippen LogP contribution in [0.5, 0.6) is 0 Å². The maximum atomic E-state index is 13.9. The Bertz CT molecular complexity index is 952. The summed E-state index contributed by atoms with van der Waals surface area (Å²) < 4.78 is 29.7. The van der Waals surface area contributed by atoms with Gasteiger partial charge in [0.1, 0.15) is 11.6 Å². The van der Waals surface area contributed by atoms with Crippen LogP contribution >= 0.6 is 0 Å². The third-order valence-corrected chi connectivity index (χ3v) is 5.91. The van der Waals surface area contributed by atoms with Gasteiger partial charge in [0.05, 0.1) is 17.5 Å². The number of nitrogens with one attached hydrogen (secondary N) is 2. The smallest absolute Gasteiger partial charge is 0.254 e. The van der Waals surface area contributed by atoms with E-state index in [-0.39, 0.29) is 29.3 Å². The van der Waals surface area contributed by atoms with Crippen molar-refractivity contribution in [1.82, 2.24) is 20.4 Å². The van der Waals surface area contributed by atoms with Gasteiger partial charge < -0.3 is 10.6 Å². The fourth-order valence-electron chi connectivity index (χ4n) is 4.25. The van der Waals surface area contributed by atoms with Gasteiger partial charge in [0.2, 0.25) is 5.91 Å². The van der Waals surface area contributed by atoms with Gasteiger partial charge in [-0.25, -0.2) is 8.78 Å². The second-order valence-electron chi connectivity index (χ2n) is 8.54. The highest BCUT2D eigenvalue weighted by molar-refractivity contribution is 5.95. The van der Waals surface area contributed by atoms with Gasteiger partial charge in [0, 0.05) is 36.5 Å². The van der Waals surface area contributed by atoms with Gasteiger partial charge in [-0.3, -0.25) is 14.3 Å². The molecule has 1 aromatic carbocycles. The summed E-state index contributed by atoms with van der Waals surface area (Å²) in [5.74, 6) is -2.09. The second-order valence-corrected chi connectivity index (χ2v) is 8.54. The number of carbonyl (C=O) groups excluding carboxylic acids is 2. The van der Waals surface area contributed by atoms with Crippen molar-refractivity contribution < 1.29 is 18.4 Å². The Morgan fingerprint density at radius 3 is 2.70 bits per heavy atom. The highest BCUT2D eigenvalue weighted by Crippen LogP contribution is 2.49. The zero-order valence-electron chi connectivity index (χ0n) is 17.1. The lowest BCUT2D eigenvalue weighted by molar-refractivity contribution is -0.122. The van der Waals surface area contributed by atoms with Crippen LogP contribution in [0.4, 0.5) is 8.78 Å². The zero-order chi connectivity index (χ0) is 21.4. The van der Waals surface area contributed by atoms with Gasteiger partial charge in [-0.1, -0.05) is 6.07 Å². The number of nitrogens with zero attached hydrogens (tertiary/aromatic N) is 2. The number of aromatic nitrogens is 2. The number of halogens is 2. The molecule has 2 amide bonds. The predicted molar refractivity (Wildman–Crippen MR) is 107 cm³/mol. The molecule has 2 aliphatic rings. The highest BCUT2D eigenvalue weighted by Gasteiger charge is 2.46. The summed E-state index contributed by atoms with van der Waals surface area (Å²) in [6.45, 7) is 4.98. The molecule has 0 saturated heterocycles. The number of rotatable bonds is 6. The van der Waals surface area contributed by atoms with Crippen LogP contribution in [-0.4, -0.2) is 34.2 Å². The topological polar surface area (TPSA) is 76.0 Å². The van der Waals surface area contributed by atoms with Crippen LogP contribution in [0, 0.1) is 23.5 Å². The molecule has 0 radical (unpaired) electrons. The second kappa shape index (κ2) is 8.16. The standard InChI is InChI=1S/C22H26F2N4O2/c1-12(2)27-22(30)16-11-26-28-7-6-13(8-19(16)28)10-25-21(29)15-9-14(15)20-17(23)4-3-5-18(20)24/h3-5,11-15H,6-10H2,1-2H3,(H,25,29)(H,27,30)/t13-,14+,15-/m1/s1. The minimum absolute atomic E-state index is 0.0139. The molecule has 0 bridgehead atoms. The quantitative estimate of drug-likeness (QED) is 0.760. The van der Waals surface area contributed by atoms with Crippen LogP contribution in [0.2, 0.25) is 0 Å². The van der Waals surface area contributed by atoms with E-state index in [1.165, 1.54) is 18.2 Å². The summed E-state index contributed by atoms with van der Waals surface area (Å²) in [5, 5.41) is 10.1. The normalized spacial score (nSPS) is 22.5. The third kappa shape index (κ3) is 4.08. The van der Waals surface area contributed by atoms with E-state index in [4.69, 9.17) is 0 Å². The Labute approximate surface area is 174 Å². The predicted octanol–water partition coefficient (Wildman–Crippen LogP) is 2.78. The molecule has 1 fully saturated rings. The molecule has 0 unspecified atom stereocenters. The van der Waals surface area contributed by atoms with Crippen LogP contribution in [0.15, 0.2) is 24.4 Å². The molecule has 1 saturated carbocycles. The molecule has 4 rings (SSSR count). The number of benzene rings is 1. The molecule has 0 spiro atoms. The molecule has 1 aliphatic carbocycles. The zero-order valence-corrected chi connectivity index (χ0v) is 17.1. The first-order valence-corrected chi connectivity index (χ1v) is 10.4. The fourth-order valence-corrected chi connectivity index (χ4v) is 4.25. The number of hydrogen-bond acceptors (Lipinski definition) is 3. The lowest BCUT2D eigenvalue weighted by atomic mass is 9.94. The summed E-state index contributed by atoms with van der Waals surface area (Å²) in [7, 11) is 0. The van der Waals surface area contributed by atoms with Crippen molar-refractivity contribution in [3.63, 3.8) is 0 Å². The molecule has 1 aromatic heterocycles. The minimum atomic E-state index is -0.594. The molecule has 6 nitrogen and oxygen atoms in total. The number of hydrogen-bond donors (Lipinski definition) is 2. The van der Waals surface area contributed by atoms with Crippen LogP contribution in [0.1, 0.15) is 54.2 Å². The third-order valence-electron chi connectivity index (χ3n) is 5.91. The van der Waals surface area contributed by atoms with Crippen molar-refractivity contribution in [3.05, 3.63) is 52.9 Å². The monoisotopic (exact) mass is 416 g/mol. The van der Waals surface area contributed by atoms with Gasteiger partial charge in [0.25, 0.3) is 5.91 Å². The number of amides is 2. The van der Waals surface area contributed by atoms with E-state index in [0.29, 0.717) is 31.5 Å². The molecule has 160 valence electrons. The fraction of sp³-hybridized carbons (Fsp3) is 0.500. The number of aryl methyl sites for hydroxylation is 1. The molecule has 2 heterocycles. The van der Waals surface area contributed by atoms with Crippen molar-refractivity contribution in [1.29, 1.82) is 0 Å². The van der Waals surface area contributed by atoms with Crippen LogP contribution in [0.3, 0.4) is 0 Å². The van der Waals surface area contributed by atoms with Gasteiger partial charge in [-0.15, -0.1) is 0 Å². The summed E-state index contributed by atoms with van der Waals surface area (Å²) in [5.41, 5.74) is 1.48. The molecule has 30 heavy (non-hydrogen) atoms. The maximum absolute atomic E-state index is 13.9. The molecular weight excluding hydrogens is 390 g/mol. The lowest BCUT2D eigenvalue weighted by Gasteiger charge is -2.24. The van der Waals surface area contributed by atoms with Gasteiger partial charge >= 0.3 is 0 Å². The van der Waals surface area contributed by atoms with Crippen LogP contribution < -0.4 is 10.6 Å². The Balaban J connectivity index is 1.34. The summed E-state index contributed by atoms with van der Waals surface area (Å²) in [4.78, 5) is 24.9. The van der Waals surface area contributed by atoms with E-state index in [1.807, 2.05) is 18.5 Å². The van der Waals surface area contributed by atoms with E-state index < -0.39 is 23.5 Å². The van der Waals surface area contributed by atoms with Crippen LogP contribution in [0.25, 0.3) is 0 Å². The first-order valence-electron chi connectivity index (χ1n) is 10.4. The van der Waals surface area contributed by atoms with E-state index in [9.17, 15) is 18.4 Å². The Morgan fingerprint density at radius 1 is 1.27 bits per heavy atom. The van der Waals surface area contributed by atoms with Crippen molar-refractivity contribution >= 4 is 11.8 Å². The van der Waals surface area contributed by atoms with Gasteiger partial charge in [-0.2, -0.15) is 5.10 Å². The highest BCUT2D eigenvalue weighted by atomic mass is 19.1. The van der Waals surface area contributed by atoms with Crippen molar-refractivity contribution in [2.45, 2.75) is 51.6 Å². The number of carbonyl (C=O) groups is 2. The first-order chi connectivity index (χ1) is 14.3. The van der Waals surface area contributed by atoms with Crippen LogP contribution in [-0.2, 0) is 17.8 Å². The van der Waals surface area contributed by atoms with Crippen molar-refractivity contribution in [3.8, 4) is 0 Å². The molecule has 1 aliphatic heterocycles. The van der Waals surface area contributed by atoms with Crippen molar-refractivity contribution in [2.24, 2.45) is 11.8 Å². The van der Waals surface area contributed by atoms with E-state index >= 15 is 0 Å². The maximum Gasteiger partial charge on any atom is 0.254 e. The Hall–Kier alpha value is -2.77. The molecular formula is C22H26F2N4O2. The Kier molecular flexibility index (Phi) is 5.58. The van der Waals surface area contributed by atoms with Gasteiger partial charge in [0.15, 0.2) is 0 Å². The summed E-state index contributed by atoms with van der Waals surface area (Å²) in [6.07, 6.45) is 3.56. The SMILES string of the molecule is CC(C)NC(=O)c1cnn2c1C[C@H](CNC(=O)[C@@H]1C[C@@H]1c1c(F)cccc1F)CC2. The average Bonchev–Trinajstić information content (AvgIpc) is 3.35. The summed E-state index contributed by atoms with van der Waals surface area (Å²) in [6, 6.07) is 3.82. The van der Waals surface area contributed by atoms with E-state index in [1.54, 1.807) is 6.20 Å². The number of fused-ring (bicyclic) bond motifs is 1. The Morgan fingerprint density at radius 2 is 2.00 bits per heavy atom. The van der Waals surface area contributed by atoms with Gasteiger partial charge in [-0.05, 0) is 51.2 Å². The van der Waals surface area contributed by atoms with Crippen molar-refractivity contribution in [2.75, 3.05) is 6.54 Å².